The molecule has 0 aliphatic carbocycles. The summed E-state index contributed by atoms with van der Waals surface area (Å²) >= 11 is 0. The van der Waals surface area contributed by atoms with E-state index in [9.17, 15) is 4.79 Å². The van der Waals surface area contributed by atoms with E-state index in [4.69, 9.17) is 0 Å². The average Bonchev–Trinajstić information content (AvgIpc) is 2.72. The van der Waals surface area contributed by atoms with Crippen LogP contribution in [0, 0.1) is 0 Å². The maximum absolute atomic E-state index is 11.9. The van der Waals surface area contributed by atoms with Gasteiger partial charge in [0.1, 0.15) is 6.54 Å². The maximum atomic E-state index is 11.9. The summed E-state index contributed by atoms with van der Waals surface area (Å²) in [4.78, 5) is 20.5. The number of rotatable bonds is 9. The van der Waals surface area contributed by atoms with Crippen LogP contribution in [-0.2, 0) is 11.2 Å². The topological polar surface area (TPSA) is 60.0 Å². The molecule has 0 saturated carbocycles. The van der Waals surface area contributed by atoms with Gasteiger partial charge < -0.3 is 20.4 Å². The Morgan fingerprint density at radius 2 is 1.79 bits per heavy atom. The molecule has 1 aliphatic rings. The van der Waals surface area contributed by atoms with E-state index in [1.807, 2.05) is 6.07 Å². The van der Waals surface area contributed by atoms with Gasteiger partial charge in [0.25, 0.3) is 0 Å². The van der Waals surface area contributed by atoms with Crippen LogP contribution in [0.3, 0.4) is 0 Å². The SMILES string of the molecule is CC(CCNC(=NCC(=O)N(C)C)NCCc1ccccc1)N1CCCCC1. The average molecular weight is 388 g/mol. The van der Waals surface area contributed by atoms with E-state index in [1.54, 1.807) is 19.0 Å². The molecule has 1 heterocycles. The van der Waals surface area contributed by atoms with Gasteiger partial charge in [-0.2, -0.15) is 0 Å². The van der Waals surface area contributed by atoms with Gasteiger partial charge in [0.05, 0.1) is 0 Å². The molecule has 1 atom stereocenters. The lowest BCUT2D eigenvalue weighted by Crippen LogP contribution is -2.43. The summed E-state index contributed by atoms with van der Waals surface area (Å²) in [6.07, 6.45) is 5.99. The smallest absolute Gasteiger partial charge is 0.243 e. The van der Waals surface area contributed by atoms with Crippen molar-refractivity contribution in [2.24, 2.45) is 4.99 Å². The minimum absolute atomic E-state index is 0.00541. The predicted molar refractivity (Wildman–Crippen MR) is 117 cm³/mol. The molecule has 2 rings (SSSR count). The van der Waals surface area contributed by atoms with Gasteiger partial charge in [-0.05, 0) is 51.3 Å². The zero-order valence-electron chi connectivity index (χ0n) is 17.8. The van der Waals surface area contributed by atoms with Crippen molar-refractivity contribution in [3.8, 4) is 0 Å². The van der Waals surface area contributed by atoms with Crippen LogP contribution in [0.4, 0.5) is 0 Å². The molecule has 0 radical (unpaired) electrons. The summed E-state index contributed by atoms with van der Waals surface area (Å²) < 4.78 is 0. The zero-order valence-corrected chi connectivity index (χ0v) is 17.8. The van der Waals surface area contributed by atoms with Gasteiger partial charge in [0.2, 0.25) is 5.91 Å². The van der Waals surface area contributed by atoms with Gasteiger partial charge in [-0.15, -0.1) is 0 Å². The molecule has 0 aromatic heterocycles. The van der Waals surface area contributed by atoms with Gasteiger partial charge in [-0.3, -0.25) is 4.79 Å². The molecule has 1 fully saturated rings. The van der Waals surface area contributed by atoms with Crippen LogP contribution < -0.4 is 10.6 Å². The Kier molecular flexibility index (Phi) is 9.83. The fourth-order valence-corrected chi connectivity index (χ4v) is 3.37. The molecule has 6 nitrogen and oxygen atoms in total. The lowest BCUT2D eigenvalue weighted by molar-refractivity contribution is -0.127. The first-order valence-corrected chi connectivity index (χ1v) is 10.6. The summed E-state index contributed by atoms with van der Waals surface area (Å²) in [5, 5.41) is 6.78. The molecule has 28 heavy (non-hydrogen) atoms. The van der Waals surface area contributed by atoms with E-state index in [1.165, 1.54) is 37.9 Å². The van der Waals surface area contributed by atoms with Crippen LogP contribution in [0.2, 0.25) is 0 Å². The second-order valence-corrected chi connectivity index (χ2v) is 7.78. The first-order valence-electron chi connectivity index (χ1n) is 10.6. The van der Waals surface area contributed by atoms with Crippen molar-refractivity contribution in [3.63, 3.8) is 0 Å². The van der Waals surface area contributed by atoms with Gasteiger partial charge in [-0.25, -0.2) is 4.99 Å². The third kappa shape index (κ3) is 8.30. The van der Waals surface area contributed by atoms with E-state index in [0.29, 0.717) is 6.04 Å². The lowest BCUT2D eigenvalue weighted by Gasteiger charge is -2.32. The molecule has 1 aromatic carbocycles. The third-order valence-electron chi connectivity index (χ3n) is 5.29. The Labute approximate surface area is 170 Å². The zero-order chi connectivity index (χ0) is 20.2. The minimum atomic E-state index is 0.00541. The highest BCUT2D eigenvalue weighted by Gasteiger charge is 2.16. The number of aliphatic imine (C=N–C) groups is 1. The van der Waals surface area contributed by atoms with Crippen LogP contribution in [0.5, 0.6) is 0 Å². The fraction of sp³-hybridized carbons (Fsp3) is 0.636. The van der Waals surface area contributed by atoms with Crippen molar-refractivity contribution in [2.75, 3.05) is 46.8 Å². The molecule has 2 N–H and O–H groups in total. The highest BCUT2D eigenvalue weighted by atomic mass is 16.2. The first-order chi connectivity index (χ1) is 13.6. The number of likely N-dealkylation sites (N-methyl/N-ethyl adjacent to an activating group) is 1. The number of benzene rings is 1. The van der Waals surface area contributed by atoms with Crippen molar-refractivity contribution in [3.05, 3.63) is 35.9 Å². The molecule has 6 heteroatoms. The van der Waals surface area contributed by atoms with E-state index in [2.05, 4.69) is 51.7 Å². The summed E-state index contributed by atoms with van der Waals surface area (Å²) in [5.41, 5.74) is 1.29. The van der Waals surface area contributed by atoms with Crippen molar-refractivity contribution in [1.82, 2.24) is 20.4 Å². The molecule has 1 aliphatic heterocycles. The quantitative estimate of drug-likeness (QED) is 0.503. The van der Waals surface area contributed by atoms with Crippen molar-refractivity contribution in [1.29, 1.82) is 0 Å². The first kappa shape index (κ1) is 22.2. The van der Waals surface area contributed by atoms with E-state index >= 15 is 0 Å². The van der Waals surface area contributed by atoms with Crippen LogP contribution in [0.25, 0.3) is 0 Å². The number of amides is 1. The van der Waals surface area contributed by atoms with E-state index in [-0.39, 0.29) is 12.5 Å². The number of piperidine rings is 1. The van der Waals surface area contributed by atoms with Crippen LogP contribution in [-0.4, -0.2) is 74.5 Å². The van der Waals surface area contributed by atoms with Crippen molar-refractivity contribution >= 4 is 11.9 Å². The number of nitrogens with one attached hydrogen (secondary N) is 2. The Balaban J connectivity index is 1.80. The van der Waals surface area contributed by atoms with Gasteiger partial charge in [0.15, 0.2) is 5.96 Å². The Bertz CT molecular complexity index is 596. The molecular weight excluding hydrogens is 350 g/mol. The Morgan fingerprint density at radius 3 is 2.46 bits per heavy atom. The second-order valence-electron chi connectivity index (χ2n) is 7.78. The second kappa shape index (κ2) is 12.4. The van der Waals surface area contributed by atoms with Crippen LogP contribution >= 0.6 is 0 Å². The van der Waals surface area contributed by atoms with Crippen molar-refractivity contribution < 1.29 is 4.79 Å². The summed E-state index contributed by atoms with van der Waals surface area (Å²) in [7, 11) is 3.52. The molecule has 0 spiro atoms. The third-order valence-corrected chi connectivity index (χ3v) is 5.29. The number of guanidine groups is 1. The Hall–Kier alpha value is -2.08. The maximum Gasteiger partial charge on any atom is 0.243 e. The summed E-state index contributed by atoms with van der Waals surface area (Å²) in [6.45, 7) is 6.54. The normalized spacial score (nSPS) is 16.5. The standard InChI is InChI=1S/C22H37N5O/c1-19(27-16-8-5-9-17-27)12-14-23-22(25-18-21(28)26(2)3)24-15-13-20-10-6-4-7-11-20/h4,6-7,10-11,19H,5,8-9,12-18H2,1-3H3,(H2,23,24,25). The van der Waals surface area contributed by atoms with Gasteiger partial charge in [0, 0.05) is 33.2 Å². The van der Waals surface area contributed by atoms with E-state index < -0.39 is 0 Å². The molecule has 156 valence electrons. The van der Waals surface area contributed by atoms with Crippen LogP contribution in [0.15, 0.2) is 35.3 Å². The largest absolute Gasteiger partial charge is 0.356 e. The molecule has 1 unspecified atom stereocenters. The number of carbonyl (C=O) groups excluding carboxylic acids is 1. The number of likely N-dealkylation sites (tertiary alicyclic amines) is 1. The number of hydrogen-bond acceptors (Lipinski definition) is 3. The lowest BCUT2D eigenvalue weighted by atomic mass is 10.1. The molecule has 1 aromatic rings. The fourth-order valence-electron chi connectivity index (χ4n) is 3.37. The number of hydrogen-bond donors (Lipinski definition) is 2. The number of carbonyl (C=O) groups is 1. The number of nitrogens with zero attached hydrogens (tertiary/aromatic N) is 3. The molecular formula is C22H37N5O. The highest BCUT2D eigenvalue weighted by Crippen LogP contribution is 2.13. The van der Waals surface area contributed by atoms with Crippen molar-refractivity contribution in [2.45, 2.75) is 45.1 Å². The molecule has 1 amide bonds. The minimum Gasteiger partial charge on any atom is -0.356 e. The predicted octanol–water partition coefficient (Wildman–Crippen LogP) is 2.12. The summed E-state index contributed by atoms with van der Waals surface area (Å²) in [5.74, 6) is 0.725. The van der Waals surface area contributed by atoms with Gasteiger partial charge >= 0.3 is 0 Å². The van der Waals surface area contributed by atoms with Gasteiger partial charge in [-0.1, -0.05) is 36.8 Å². The van der Waals surface area contributed by atoms with Crippen LogP contribution in [0.1, 0.15) is 38.2 Å². The molecule has 0 bridgehead atoms. The Morgan fingerprint density at radius 1 is 1.11 bits per heavy atom. The van der Waals surface area contributed by atoms with E-state index in [0.717, 1.165) is 31.9 Å². The molecule has 1 saturated heterocycles. The highest BCUT2D eigenvalue weighted by molar-refractivity contribution is 5.84. The summed E-state index contributed by atoms with van der Waals surface area (Å²) in [6, 6.07) is 11.0. The monoisotopic (exact) mass is 387 g/mol.